The number of carbonyl (C=O) groups is 1. The van der Waals surface area contributed by atoms with Crippen LogP contribution in [0.2, 0.25) is 4.34 Å². The molecule has 0 spiro atoms. The molecule has 0 aliphatic carbocycles. The summed E-state index contributed by atoms with van der Waals surface area (Å²) in [7, 11) is -3.32. The maximum atomic E-state index is 13.1. The maximum absolute atomic E-state index is 13.1. The van der Waals surface area contributed by atoms with E-state index in [1.54, 1.807) is 29.2 Å². The van der Waals surface area contributed by atoms with Crippen molar-refractivity contribution in [3.63, 3.8) is 0 Å². The lowest BCUT2D eigenvalue weighted by atomic mass is 10.2. The molecule has 10 heteroatoms. The first kappa shape index (κ1) is 19.8. The van der Waals surface area contributed by atoms with Crippen LogP contribution in [-0.2, 0) is 14.6 Å². The summed E-state index contributed by atoms with van der Waals surface area (Å²) >= 11 is 8.52. The number of halogens is 1. The molecule has 1 saturated heterocycles. The number of aromatic nitrogens is 1. The van der Waals surface area contributed by atoms with E-state index in [1.807, 2.05) is 0 Å². The largest absolute Gasteiger partial charge is 0.376 e. The van der Waals surface area contributed by atoms with Gasteiger partial charge in [0.25, 0.3) is 5.91 Å². The first-order valence-corrected chi connectivity index (χ1v) is 12.5. The Bertz CT molecular complexity index is 1130. The second-order valence-electron chi connectivity index (χ2n) is 6.55. The van der Waals surface area contributed by atoms with Crippen LogP contribution in [0.25, 0.3) is 10.2 Å². The highest BCUT2D eigenvalue weighted by Crippen LogP contribution is 2.33. The fourth-order valence-corrected chi connectivity index (χ4v) is 5.77. The number of amides is 1. The molecule has 1 aliphatic heterocycles. The van der Waals surface area contributed by atoms with Gasteiger partial charge in [0.2, 0.25) is 0 Å². The van der Waals surface area contributed by atoms with Crippen molar-refractivity contribution >= 4 is 65.4 Å². The van der Waals surface area contributed by atoms with E-state index < -0.39 is 9.84 Å². The topological polar surface area (TPSA) is 76.6 Å². The third kappa shape index (κ3) is 4.08. The molecular weight excluding hydrogens is 440 g/mol. The predicted octanol–water partition coefficient (Wildman–Crippen LogP) is 4.24. The Morgan fingerprint density at radius 2 is 2.14 bits per heavy atom. The molecule has 6 nitrogen and oxygen atoms in total. The van der Waals surface area contributed by atoms with Gasteiger partial charge in [0.15, 0.2) is 15.0 Å². The number of hydrogen-bond donors (Lipinski definition) is 0. The Balaban J connectivity index is 1.73. The van der Waals surface area contributed by atoms with Crippen molar-refractivity contribution in [3.05, 3.63) is 39.5 Å². The van der Waals surface area contributed by atoms with E-state index in [1.165, 1.54) is 35.0 Å². The average Bonchev–Trinajstić information content (AvgIpc) is 3.38. The zero-order valence-electron chi connectivity index (χ0n) is 14.9. The number of nitrogens with zero attached hydrogens (tertiary/aromatic N) is 2. The first-order valence-electron chi connectivity index (χ1n) is 8.61. The molecule has 148 valence electrons. The van der Waals surface area contributed by atoms with Crippen LogP contribution >= 0.6 is 34.3 Å². The fraction of sp³-hybridized carbons (Fsp3) is 0.333. The lowest BCUT2D eigenvalue weighted by Crippen LogP contribution is -2.37. The zero-order chi connectivity index (χ0) is 19.9. The van der Waals surface area contributed by atoms with Crippen molar-refractivity contribution in [3.8, 4) is 0 Å². The summed E-state index contributed by atoms with van der Waals surface area (Å²) in [5.74, 6) is -0.185. The molecule has 4 rings (SSSR count). The molecule has 1 aliphatic rings. The Hall–Kier alpha value is -1.52. The summed E-state index contributed by atoms with van der Waals surface area (Å²) < 4.78 is 30.6. The molecule has 3 heterocycles. The molecule has 1 atom stereocenters. The van der Waals surface area contributed by atoms with Crippen molar-refractivity contribution in [2.75, 3.05) is 24.3 Å². The van der Waals surface area contributed by atoms with Crippen LogP contribution in [0.15, 0.2) is 35.2 Å². The molecule has 0 N–H and O–H groups in total. The summed E-state index contributed by atoms with van der Waals surface area (Å²) in [6.45, 7) is 1.09. The molecule has 0 radical (unpaired) electrons. The lowest BCUT2D eigenvalue weighted by Gasteiger charge is -2.22. The summed E-state index contributed by atoms with van der Waals surface area (Å²) in [6, 6.07) is 8.20. The van der Waals surface area contributed by atoms with Crippen LogP contribution < -0.4 is 4.90 Å². The quantitative estimate of drug-likeness (QED) is 0.573. The van der Waals surface area contributed by atoms with Crippen LogP contribution in [0.3, 0.4) is 0 Å². The van der Waals surface area contributed by atoms with Gasteiger partial charge >= 0.3 is 0 Å². The lowest BCUT2D eigenvalue weighted by molar-refractivity contribution is 0.0920. The summed E-state index contributed by atoms with van der Waals surface area (Å²) in [5.41, 5.74) is 0.654. The fourth-order valence-electron chi connectivity index (χ4n) is 3.04. The molecule has 1 unspecified atom stereocenters. The Morgan fingerprint density at radius 3 is 2.79 bits per heavy atom. The van der Waals surface area contributed by atoms with Gasteiger partial charge in [-0.3, -0.25) is 9.69 Å². The van der Waals surface area contributed by atoms with E-state index in [0.717, 1.165) is 12.8 Å². The van der Waals surface area contributed by atoms with E-state index in [0.29, 0.717) is 37.7 Å². The normalized spacial score (nSPS) is 17.3. The predicted molar refractivity (Wildman–Crippen MR) is 113 cm³/mol. The molecule has 2 aromatic heterocycles. The molecule has 1 aromatic carbocycles. The van der Waals surface area contributed by atoms with E-state index in [4.69, 9.17) is 16.3 Å². The number of ether oxygens (including phenoxy) is 1. The average molecular weight is 457 g/mol. The van der Waals surface area contributed by atoms with Crippen LogP contribution in [0.4, 0.5) is 5.13 Å². The third-order valence-corrected chi connectivity index (χ3v) is 7.82. The number of fused-ring (bicyclic) bond motifs is 1. The van der Waals surface area contributed by atoms with E-state index in [-0.39, 0.29) is 16.9 Å². The molecule has 0 saturated carbocycles. The smallest absolute Gasteiger partial charge is 0.270 e. The van der Waals surface area contributed by atoms with Gasteiger partial charge in [-0.05, 0) is 43.2 Å². The molecule has 1 fully saturated rings. The number of sulfone groups is 1. The van der Waals surface area contributed by atoms with Crippen molar-refractivity contribution in [1.29, 1.82) is 0 Å². The van der Waals surface area contributed by atoms with Crippen LogP contribution in [-0.4, -0.2) is 44.8 Å². The molecule has 1 amide bonds. The molecule has 3 aromatic rings. The third-order valence-electron chi connectivity index (χ3n) is 4.45. The van der Waals surface area contributed by atoms with E-state index >= 15 is 0 Å². The number of hydrogen-bond acceptors (Lipinski definition) is 7. The maximum Gasteiger partial charge on any atom is 0.270 e. The standard InChI is InChI=1S/C18H17ClN2O4S3/c1-28(23,24)12-4-5-13-15(9-12)27-18(20-13)21(10-11-3-2-8-25-11)17(22)14-6-7-16(19)26-14/h4-7,9,11H,2-3,8,10H2,1H3. The van der Waals surface area contributed by atoms with Crippen molar-refractivity contribution in [1.82, 2.24) is 4.98 Å². The number of anilines is 1. The van der Waals surface area contributed by atoms with Crippen LogP contribution in [0, 0.1) is 0 Å². The first-order chi connectivity index (χ1) is 13.3. The monoisotopic (exact) mass is 456 g/mol. The number of thiophene rings is 1. The minimum atomic E-state index is -3.32. The van der Waals surface area contributed by atoms with Crippen molar-refractivity contribution in [2.45, 2.75) is 23.8 Å². The number of rotatable bonds is 5. The van der Waals surface area contributed by atoms with Gasteiger partial charge < -0.3 is 4.74 Å². The minimum absolute atomic E-state index is 0.0435. The van der Waals surface area contributed by atoms with Crippen LogP contribution in [0.1, 0.15) is 22.5 Å². The van der Waals surface area contributed by atoms with Gasteiger partial charge in [0.1, 0.15) is 0 Å². The highest BCUT2D eigenvalue weighted by molar-refractivity contribution is 7.90. The molecule has 28 heavy (non-hydrogen) atoms. The van der Waals surface area contributed by atoms with Gasteiger partial charge in [-0.2, -0.15) is 0 Å². The summed E-state index contributed by atoms with van der Waals surface area (Å²) in [5, 5.41) is 0.519. The van der Waals surface area contributed by atoms with Crippen LogP contribution in [0.5, 0.6) is 0 Å². The van der Waals surface area contributed by atoms with E-state index in [2.05, 4.69) is 4.98 Å². The molecular formula is C18H17ClN2O4S3. The number of carbonyl (C=O) groups excluding carboxylic acids is 1. The van der Waals surface area contributed by atoms with E-state index in [9.17, 15) is 13.2 Å². The highest BCUT2D eigenvalue weighted by atomic mass is 35.5. The highest BCUT2D eigenvalue weighted by Gasteiger charge is 2.28. The van der Waals surface area contributed by atoms with Gasteiger partial charge in [-0.15, -0.1) is 11.3 Å². The molecule has 0 bridgehead atoms. The SMILES string of the molecule is CS(=O)(=O)c1ccc2nc(N(CC3CCCO3)C(=O)c3ccc(Cl)s3)sc2c1. The second-order valence-corrected chi connectivity index (χ2v) is 11.3. The Morgan fingerprint density at radius 1 is 1.32 bits per heavy atom. The van der Waals surface area contributed by atoms with Gasteiger partial charge in [-0.1, -0.05) is 22.9 Å². The number of benzene rings is 1. The zero-order valence-corrected chi connectivity index (χ0v) is 18.1. The van der Waals surface area contributed by atoms with Gasteiger partial charge in [-0.25, -0.2) is 13.4 Å². The van der Waals surface area contributed by atoms with Crippen molar-refractivity contribution < 1.29 is 17.9 Å². The summed E-state index contributed by atoms with van der Waals surface area (Å²) in [6.07, 6.45) is 2.98. The summed E-state index contributed by atoms with van der Waals surface area (Å²) in [4.78, 5) is 20.1. The van der Waals surface area contributed by atoms with Gasteiger partial charge in [0, 0.05) is 12.9 Å². The second kappa shape index (κ2) is 7.72. The Labute approximate surface area is 175 Å². The minimum Gasteiger partial charge on any atom is -0.376 e. The van der Waals surface area contributed by atoms with Gasteiger partial charge in [0.05, 0.1) is 37.0 Å². The van der Waals surface area contributed by atoms with Crippen molar-refractivity contribution in [2.24, 2.45) is 0 Å². The number of thiazole rings is 1. The Kier molecular flexibility index (Phi) is 5.45.